The van der Waals surface area contributed by atoms with Gasteiger partial charge in [-0.2, -0.15) is 4.98 Å². The summed E-state index contributed by atoms with van der Waals surface area (Å²) in [5.74, 6) is 1.17. The van der Waals surface area contributed by atoms with Crippen LogP contribution in [0.25, 0.3) is 0 Å². The third-order valence-electron chi connectivity index (χ3n) is 2.38. The third kappa shape index (κ3) is 4.54. The van der Waals surface area contributed by atoms with Gasteiger partial charge in [0.05, 0.1) is 6.10 Å². The minimum Gasteiger partial charge on any atom is -0.475 e. The fourth-order valence-electron chi connectivity index (χ4n) is 1.58. The largest absolute Gasteiger partial charge is 0.475 e. The van der Waals surface area contributed by atoms with Gasteiger partial charge in [0.25, 0.3) is 0 Å². The first-order valence-corrected chi connectivity index (χ1v) is 6.37. The Hall–Kier alpha value is -2.17. The number of pyridine rings is 1. The highest BCUT2D eigenvalue weighted by Gasteiger charge is 2.02. The number of anilines is 1. The van der Waals surface area contributed by atoms with E-state index in [9.17, 15) is 0 Å². The van der Waals surface area contributed by atoms with Gasteiger partial charge in [-0.25, -0.2) is 4.98 Å². The van der Waals surface area contributed by atoms with E-state index in [1.54, 1.807) is 18.5 Å². The lowest BCUT2D eigenvalue weighted by Crippen LogP contribution is -2.11. The second-order valence-electron chi connectivity index (χ2n) is 4.38. The Morgan fingerprint density at radius 1 is 1.16 bits per heavy atom. The normalized spacial score (nSPS) is 10.5. The Labute approximate surface area is 113 Å². The molecule has 0 unspecified atom stereocenters. The van der Waals surface area contributed by atoms with Gasteiger partial charge in [-0.15, -0.1) is 0 Å². The highest BCUT2D eigenvalue weighted by molar-refractivity contribution is 5.27. The van der Waals surface area contributed by atoms with Crippen LogP contribution in [-0.2, 0) is 6.42 Å². The molecule has 0 aliphatic rings. The van der Waals surface area contributed by atoms with Gasteiger partial charge in [0, 0.05) is 37.1 Å². The summed E-state index contributed by atoms with van der Waals surface area (Å²) in [6.07, 6.45) is 4.42. The van der Waals surface area contributed by atoms with E-state index in [0.717, 1.165) is 18.7 Å². The van der Waals surface area contributed by atoms with E-state index in [1.165, 1.54) is 0 Å². The molecule has 19 heavy (non-hydrogen) atoms. The molecule has 2 rings (SSSR count). The molecular formula is C14H18N4O. The summed E-state index contributed by atoms with van der Waals surface area (Å²) >= 11 is 0. The number of rotatable bonds is 6. The molecule has 2 aromatic heterocycles. The molecule has 0 aromatic carbocycles. The zero-order valence-corrected chi connectivity index (χ0v) is 11.2. The Balaban J connectivity index is 1.86. The van der Waals surface area contributed by atoms with E-state index in [4.69, 9.17) is 4.74 Å². The summed E-state index contributed by atoms with van der Waals surface area (Å²) in [5, 5.41) is 3.16. The van der Waals surface area contributed by atoms with Crippen LogP contribution >= 0.6 is 0 Å². The van der Waals surface area contributed by atoms with Crippen LogP contribution in [0.4, 0.5) is 5.95 Å². The molecule has 5 heteroatoms. The van der Waals surface area contributed by atoms with Crippen LogP contribution < -0.4 is 10.1 Å². The molecule has 5 nitrogen and oxygen atoms in total. The van der Waals surface area contributed by atoms with E-state index >= 15 is 0 Å². The summed E-state index contributed by atoms with van der Waals surface area (Å²) in [7, 11) is 0. The molecule has 0 fully saturated rings. The molecule has 0 atom stereocenters. The topological polar surface area (TPSA) is 59.9 Å². The van der Waals surface area contributed by atoms with Crippen LogP contribution in [0.3, 0.4) is 0 Å². The maximum Gasteiger partial charge on any atom is 0.225 e. The van der Waals surface area contributed by atoms with Crippen molar-refractivity contribution in [2.45, 2.75) is 26.4 Å². The van der Waals surface area contributed by atoms with Crippen molar-refractivity contribution in [3.63, 3.8) is 0 Å². The first-order chi connectivity index (χ1) is 9.24. The molecule has 0 aliphatic carbocycles. The molecule has 1 N–H and O–H groups in total. The van der Waals surface area contributed by atoms with Crippen molar-refractivity contribution in [1.29, 1.82) is 0 Å². The lowest BCUT2D eigenvalue weighted by atomic mass is 10.3. The maximum absolute atomic E-state index is 5.52. The van der Waals surface area contributed by atoms with Crippen molar-refractivity contribution in [3.8, 4) is 5.88 Å². The molecule has 0 saturated carbocycles. The van der Waals surface area contributed by atoms with Gasteiger partial charge in [-0.1, -0.05) is 6.07 Å². The number of hydrogen-bond acceptors (Lipinski definition) is 5. The van der Waals surface area contributed by atoms with Crippen molar-refractivity contribution in [2.75, 3.05) is 11.9 Å². The lowest BCUT2D eigenvalue weighted by molar-refractivity contribution is 0.232. The van der Waals surface area contributed by atoms with E-state index in [1.807, 2.05) is 32.0 Å². The van der Waals surface area contributed by atoms with Gasteiger partial charge in [0.15, 0.2) is 0 Å². The minimum absolute atomic E-state index is 0.108. The van der Waals surface area contributed by atoms with Crippen molar-refractivity contribution >= 4 is 5.95 Å². The van der Waals surface area contributed by atoms with Crippen molar-refractivity contribution in [2.24, 2.45) is 0 Å². The van der Waals surface area contributed by atoms with Crippen LogP contribution in [0.5, 0.6) is 5.88 Å². The molecule has 0 bridgehead atoms. The highest BCUT2D eigenvalue weighted by atomic mass is 16.5. The first kappa shape index (κ1) is 13.3. The van der Waals surface area contributed by atoms with Crippen LogP contribution in [0.2, 0.25) is 0 Å². The van der Waals surface area contributed by atoms with Gasteiger partial charge in [-0.3, -0.25) is 4.98 Å². The number of nitrogens with zero attached hydrogens (tertiary/aromatic N) is 3. The highest BCUT2D eigenvalue weighted by Crippen LogP contribution is 2.10. The summed E-state index contributed by atoms with van der Waals surface area (Å²) in [5.41, 5.74) is 1.05. The molecule has 2 heterocycles. The van der Waals surface area contributed by atoms with Crippen LogP contribution in [0, 0.1) is 0 Å². The predicted molar refractivity (Wildman–Crippen MR) is 74.2 cm³/mol. The number of hydrogen-bond donors (Lipinski definition) is 1. The first-order valence-electron chi connectivity index (χ1n) is 6.37. The lowest BCUT2D eigenvalue weighted by Gasteiger charge is -2.09. The Bertz CT molecular complexity index is 502. The van der Waals surface area contributed by atoms with E-state index < -0.39 is 0 Å². The quantitative estimate of drug-likeness (QED) is 0.861. The standard InChI is InChI=1S/C14H18N4O/c1-11(2)19-13-7-10-17-14(18-13)16-9-6-12-5-3-4-8-15-12/h3-5,7-8,10-11H,6,9H2,1-2H3,(H,16,17,18). The van der Waals surface area contributed by atoms with Crippen LogP contribution in [0.1, 0.15) is 19.5 Å². The van der Waals surface area contributed by atoms with Gasteiger partial charge < -0.3 is 10.1 Å². The summed E-state index contributed by atoms with van der Waals surface area (Å²) in [4.78, 5) is 12.7. The van der Waals surface area contributed by atoms with E-state index in [0.29, 0.717) is 11.8 Å². The second kappa shape index (κ2) is 6.68. The predicted octanol–water partition coefficient (Wildman–Crippen LogP) is 2.31. The average molecular weight is 258 g/mol. The third-order valence-corrected chi connectivity index (χ3v) is 2.38. The zero-order chi connectivity index (χ0) is 13.5. The molecule has 0 amide bonds. The number of aromatic nitrogens is 3. The van der Waals surface area contributed by atoms with Crippen LogP contribution in [0.15, 0.2) is 36.7 Å². The number of nitrogens with one attached hydrogen (secondary N) is 1. The molecule has 0 saturated heterocycles. The van der Waals surface area contributed by atoms with Crippen molar-refractivity contribution in [1.82, 2.24) is 15.0 Å². The zero-order valence-electron chi connectivity index (χ0n) is 11.2. The molecular weight excluding hydrogens is 240 g/mol. The summed E-state index contributed by atoms with van der Waals surface area (Å²) in [6.45, 7) is 4.68. The Morgan fingerprint density at radius 2 is 2.05 bits per heavy atom. The van der Waals surface area contributed by atoms with E-state index in [2.05, 4.69) is 20.3 Å². The molecule has 0 aliphatic heterocycles. The molecule has 0 radical (unpaired) electrons. The molecule has 100 valence electrons. The van der Waals surface area contributed by atoms with Gasteiger partial charge in [0.1, 0.15) is 0 Å². The fraction of sp³-hybridized carbons (Fsp3) is 0.357. The maximum atomic E-state index is 5.52. The minimum atomic E-state index is 0.108. The Morgan fingerprint density at radius 3 is 2.79 bits per heavy atom. The van der Waals surface area contributed by atoms with Crippen LogP contribution in [-0.4, -0.2) is 27.6 Å². The molecule has 2 aromatic rings. The fourth-order valence-corrected chi connectivity index (χ4v) is 1.58. The average Bonchev–Trinajstić information content (AvgIpc) is 2.40. The van der Waals surface area contributed by atoms with Gasteiger partial charge >= 0.3 is 0 Å². The van der Waals surface area contributed by atoms with Crippen molar-refractivity contribution < 1.29 is 4.74 Å². The smallest absolute Gasteiger partial charge is 0.225 e. The summed E-state index contributed by atoms with van der Waals surface area (Å²) < 4.78 is 5.52. The van der Waals surface area contributed by atoms with Gasteiger partial charge in [-0.05, 0) is 26.0 Å². The number of ether oxygens (including phenoxy) is 1. The van der Waals surface area contributed by atoms with E-state index in [-0.39, 0.29) is 6.10 Å². The summed E-state index contributed by atoms with van der Waals surface area (Å²) in [6, 6.07) is 7.65. The van der Waals surface area contributed by atoms with Crippen molar-refractivity contribution in [3.05, 3.63) is 42.4 Å². The SMILES string of the molecule is CC(C)Oc1ccnc(NCCc2ccccn2)n1. The second-order valence-corrected chi connectivity index (χ2v) is 4.38. The monoisotopic (exact) mass is 258 g/mol. The van der Waals surface area contributed by atoms with Gasteiger partial charge in [0.2, 0.25) is 11.8 Å². The Kier molecular flexibility index (Phi) is 4.66. The molecule has 0 spiro atoms.